The molecule has 6 nitrogen and oxygen atoms in total. The van der Waals surface area contributed by atoms with E-state index in [9.17, 15) is 14.4 Å². The van der Waals surface area contributed by atoms with Gasteiger partial charge in [0.1, 0.15) is 0 Å². The molecule has 0 spiro atoms. The van der Waals surface area contributed by atoms with Gasteiger partial charge in [-0.15, -0.1) is 0 Å². The van der Waals surface area contributed by atoms with E-state index in [0.29, 0.717) is 27.8 Å². The van der Waals surface area contributed by atoms with Crippen molar-refractivity contribution < 1.29 is 14.4 Å². The fourth-order valence-electron chi connectivity index (χ4n) is 3.54. The second kappa shape index (κ2) is 9.92. The molecule has 6 heteroatoms. The highest BCUT2D eigenvalue weighted by molar-refractivity contribution is 6.14. The number of aryl methyl sites for hydroxylation is 1. The van der Waals surface area contributed by atoms with Gasteiger partial charge < -0.3 is 5.32 Å². The number of benzene rings is 3. The third-order valence-corrected chi connectivity index (χ3v) is 5.23. The van der Waals surface area contributed by atoms with Gasteiger partial charge in [0.2, 0.25) is 0 Å². The molecule has 0 aliphatic carbocycles. The number of amides is 3. The highest BCUT2D eigenvalue weighted by Gasteiger charge is 2.16. The molecule has 0 atom stereocenters. The van der Waals surface area contributed by atoms with Crippen molar-refractivity contribution in [3.8, 4) is 0 Å². The Hall–Kier alpha value is -4.58. The number of nitrogens with one attached hydrogen (secondary N) is 2. The van der Waals surface area contributed by atoms with Gasteiger partial charge in [-0.2, -0.15) is 0 Å². The molecular formula is C28H23N3O3. The quantitative estimate of drug-likeness (QED) is 0.373. The van der Waals surface area contributed by atoms with Crippen LogP contribution in [0.3, 0.4) is 0 Å². The molecule has 1 heterocycles. The molecule has 168 valence electrons. The van der Waals surface area contributed by atoms with E-state index in [0.717, 1.165) is 11.1 Å². The lowest BCUT2D eigenvalue weighted by molar-refractivity contribution is 0.0966. The van der Waals surface area contributed by atoms with E-state index in [2.05, 4.69) is 15.6 Å². The highest BCUT2D eigenvalue weighted by Crippen LogP contribution is 2.22. The Morgan fingerprint density at radius 2 is 1.65 bits per heavy atom. The van der Waals surface area contributed by atoms with Crippen LogP contribution in [0, 0.1) is 6.92 Å². The summed E-state index contributed by atoms with van der Waals surface area (Å²) in [4.78, 5) is 42.1. The number of pyridine rings is 1. The Labute approximate surface area is 197 Å². The van der Waals surface area contributed by atoms with Crippen molar-refractivity contribution in [1.82, 2.24) is 10.3 Å². The number of ketones is 1. The molecule has 0 bridgehead atoms. The van der Waals surface area contributed by atoms with E-state index in [1.807, 2.05) is 55.5 Å². The molecule has 34 heavy (non-hydrogen) atoms. The average Bonchev–Trinajstić information content (AvgIpc) is 2.82. The number of carbonyl (C=O) groups excluding carboxylic acids is 3. The number of nitrogens with zero attached hydrogens (tertiary/aromatic N) is 1. The van der Waals surface area contributed by atoms with E-state index >= 15 is 0 Å². The van der Waals surface area contributed by atoms with Crippen LogP contribution >= 0.6 is 0 Å². The van der Waals surface area contributed by atoms with Crippen LogP contribution < -0.4 is 10.6 Å². The molecule has 0 aliphatic rings. The van der Waals surface area contributed by atoms with Crippen LogP contribution in [-0.4, -0.2) is 22.7 Å². The summed E-state index contributed by atoms with van der Waals surface area (Å²) in [6.07, 6.45) is 3.70. The van der Waals surface area contributed by atoms with Crippen LogP contribution in [0.2, 0.25) is 0 Å². The summed E-state index contributed by atoms with van der Waals surface area (Å²) in [5.41, 5.74) is 4.35. The zero-order valence-corrected chi connectivity index (χ0v) is 18.8. The summed E-state index contributed by atoms with van der Waals surface area (Å²) < 4.78 is 0. The van der Waals surface area contributed by atoms with Crippen LogP contribution in [0.25, 0.3) is 23.1 Å². The number of aromatic nitrogens is 1. The van der Waals surface area contributed by atoms with Crippen molar-refractivity contribution >= 4 is 46.5 Å². The van der Waals surface area contributed by atoms with Crippen molar-refractivity contribution in [2.45, 2.75) is 13.8 Å². The molecule has 2 N–H and O–H groups in total. The summed E-state index contributed by atoms with van der Waals surface area (Å²) in [6, 6.07) is 23.0. The fourth-order valence-corrected chi connectivity index (χ4v) is 3.54. The van der Waals surface area contributed by atoms with Gasteiger partial charge in [0.25, 0.3) is 5.91 Å². The lowest BCUT2D eigenvalue weighted by Crippen LogP contribution is -2.34. The smallest absolute Gasteiger partial charge is 0.308 e. The van der Waals surface area contributed by atoms with E-state index in [-0.39, 0.29) is 11.3 Å². The first-order valence-electron chi connectivity index (χ1n) is 10.8. The monoisotopic (exact) mass is 449 g/mol. The van der Waals surface area contributed by atoms with E-state index in [1.165, 1.54) is 6.92 Å². The third-order valence-electron chi connectivity index (χ3n) is 5.23. The van der Waals surface area contributed by atoms with Crippen molar-refractivity contribution in [3.05, 3.63) is 107 Å². The van der Waals surface area contributed by atoms with E-state index in [1.54, 1.807) is 42.5 Å². The summed E-state index contributed by atoms with van der Waals surface area (Å²) in [6.45, 7) is 3.37. The van der Waals surface area contributed by atoms with Crippen LogP contribution in [0.15, 0.2) is 78.9 Å². The Morgan fingerprint density at radius 1 is 0.853 bits per heavy atom. The van der Waals surface area contributed by atoms with E-state index in [4.69, 9.17) is 0 Å². The fraction of sp³-hybridized carbons (Fsp3) is 0.0714. The van der Waals surface area contributed by atoms with E-state index < -0.39 is 11.9 Å². The summed E-state index contributed by atoms with van der Waals surface area (Å²) in [5.74, 6) is -0.717. The topological polar surface area (TPSA) is 88.2 Å². The van der Waals surface area contributed by atoms with Crippen LogP contribution in [0.5, 0.6) is 0 Å². The molecule has 0 saturated heterocycles. The Kier molecular flexibility index (Phi) is 6.59. The van der Waals surface area contributed by atoms with Gasteiger partial charge in [-0.05, 0) is 67.4 Å². The molecule has 4 rings (SSSR count). The number of rotatable bonds is 5. The van der Waals surface area contributed by atoms with Gasteiger partial charge in [0.05, 0.1) is 16.8 Å². The molecule has 0 fully saturated rings. The molecule has 0 unspecified atom stereocenters. The zero-order valence-electron chi connectivity index (χ0n) is 18.8. The number of Topliss-reactive ketones (excluding diaryl/α,β-unsaturated/α-hetero) is 1. The third kappa shape index (κ3) is 5.42. The summed E-state index contributed by atoms with van der Waals surface area (Å²) in [5, 5.41) is 5.54. The normalized spacial score (nSPS) is 10.9. The number of imide groups is 1. The molecule has 0 radical (unpaired) electrons. The molecule has 0 aliphatic heterocycles. The number of carbonyl (C=O) groups is 3. The molecule has 4 aromatic rings. The number of hydrogen-bond acceptors (Lipinski definition) is 4. The zero-order chi connectivity index (χ0) is 24.1. The van der Waals surface area contributed by atoms with Gasteiger partial charge in [-0.1, -0.05) is 48.5 Å². The highest BCUT2D eigenvalue weighted by atomic mass is 16.2. The van der Waals surface area contributed by atoms with Crippen LogP contribution in [-0.2, 0) is 0 Å². The number of fused-ring (bicyclic) bond motifs is 1. The van der Waals surface area contributed by atoms with Gasteiger partial charge in [0, 0.05) is 16.6 Å². The Bertz CT molecular complexity index is 1430. The van der Waals surface area contributed by atoms with Crippen molar-refractivity contribution in [3.63, 3.8) is 0 Å². The van der Waals surface area contributed by atoms with Gasteiger partial charge in [0.15, 0.2) is 5.78 Å². The lowest BCUT2D eigenvalue weighted by Gasteiger charge is -2.11. The summed E-state index contributed by atoms with van der Waals surface area (Å²) in [7, 11) is 0. The minimum Gasteiger partial charge on any atom is -0.308 e. The van der Waals surface area contributed by atoms with Gasteiger partial charge in [-0.25, -0.2) is 9.78 Å². The molecule has 0 saturated carbocycles. The minimum atomic E-state index is -0.648. The first kappa shape index (κ1) is 22.6. The van der Waals surface area contributed by atoms with Crippen LogP contribution in [0.1, 0.15) is 44.5 Å². The molecule has 3 aromatic carbocycles. The lowest BCUT2D eigenvalue weighted by atomic mass is 10.0. The Morgan fingerprint density at radius 3 is 2.38 bits per heavy atom. The maximum atomic E-state index is 13.1. The molecular weight excluding hydrogens is 426 g/mol. The van der Waals surface area contributed by atoms with Gasteiger partial charge in [-0.3, -0.25) is 14.9 Å². The standard InChI is InChI=1S/C28H23N3O3/c1-18-7-6-10-22(15-18)30-28(34)31-27(33)25-17-23(13-11-20-8-4-3-5-9-20)29-26-14-12-21(19(2)32)16-24(25)26/h3-17H,1-2H3,(H2,30,31,33,34)/b13-11+. The predicted molar refractivity (Wildman–Crippen MR) is 135 cm³/mol. The first-order chi connectivity index (χ1) is 16.4. The Balaban J connectivity index is 1.68. The second-order valence-electron chi connectivity index (χ2n) is 7.90. The number of anilines is 1. The maximum Gasteiger partial charge on any atom is 0.326 e. The summed E-state index contributed by atoms with van der Waals surface area (Å²) >= 11 is 0. The van der Waals surface area contributed by atoms with Crippen molar-refractivity contribution in [2.24, 2.45) is 0 Å². The largest absolute Gasteiger partial charge is 0.326 e. The second-order valence-corrected chi connectivity index (χ2v) is 7.90. The predicted octanol–water partition coefficient (Wildman–Crippen LogP) is 5.88. The molecule has 3 amide bonds. The molecule has 1 aromatic heterocycles. The number of urea groups is 1. The maximum absolute atomic E-state index is 13.1. The first-order valence-corrected chi connectivity index (χ1v) is 10.8. The van der Waals surface area contributed by atoms with Crippen molar-refractivity contribution in [2.75, 3.05) is 5.32 Å². The van der Waals surface area contributed by atoms with Gasteiger partial charge >= 0.3 is 6.03 Å². The average molecular weight is 450 g/mol. The number of hydrogen-bond donors (Lipinski definition) is 2. The minimum absolute atomic E-state index is 0.126. The van der Waals surface area contributed by atoms with Crippen LogP contribution in [0.4, 0.5) is 10.5 Å². The SMILES string of the molecule is CC(=O)c1ccc2nc(/C=C/c3ccccc3)cc(C(=O)NC(=O)Nc3cccc(C)c3)c2c1. The van der Waals surface area contributed by atoms with Crippen molar-refractivity contribution in [1.29, 1.82) is 0 Å².